The molecule has 2 N–H and O–H groups in total. The fourth-order valence-corrected chi connectivity index (χ4v) is 2.02. The highest BCUT2D eigenvalue weighted by atomic mass is 32.1. The fourth-order valence-electron chi connectivity index (χ4n) is 1.67. The van der Waals surface area contributed by atoms with Crippen LogP contribution in [0, 0.1) is 0 Å². The maximum atomic E-state index is 5.76. The minimum atomic E-state index is 0.299. The average Bonchev–Trinajstić information content (AvgIpc) is 2.43. The predicted octanol–water partition coefficient (Wildman–Crippen LogP) is 3.96. The number of nitrogens with one attached hydrogen (secondary N) is 2. The van der Waals surface area contributed by atoms with E-state index >= 15 is 0 Å². The van der Waals surface area contributed by atoms with Crippen LogP contribution in [-0.2, 0) is 0 Å². The summed E-state index contributed by atoms with van der Waals surface area (Å²) in [5.41, 5.74) is 0.892. The Hall–Kier alpha value is -1.49. The van der Waals surface area contributed by atoms with Crippen molar-refractivity contribution in [1.29, 1.82) is 0 Å². The molecular weight excluding hydrogens is 284 g/mol. The third-order valence-corrected chi connectivity index (χ3v) is 2.76. The van der Waals surface area contributed by atoms with Gasteiger partial charge in [0, 0.05) is 17.8 Å². The first-order valence-corrected chi connectivity index (χ1v) is 7.94. The van der Waals surface area contributed by atoms with Crippen LogP contribution in [0.3, 0.4) is 0 Å². The number of benzene rings is 1. The van der Waals surface area contributed by atoms with Crippen molar-refractivity contribution in [2.75, 3.05) is 18.5 Å². The highest BCUT2D eigenvalue weighted by Crippen LogP contribution is 2.30. The van der Waals surface area contributed by atoms with Crippen LogP contribution in [0.15, 0.2) is 18.2 Å². The maximum Gasteiger partial charge on any atom is 0.170 e. The highest BCUT2D eigenvalue weighted by molar-refractivity contribution is 7.80. The molecule has 0 atom stereocenters. The number of thiocarbonyl (C=S) groups is 1. The maximum absolute atomic E-state index is 5.76. The summed E-state index contributed by atoms with van der Waals surface area (Å²) in [5, 5.41) is 6.91. The number of ether oxygens (including phenoxy) is 2. The minimum absolute atomic E-state index is 0.299. The lowest BCUT2D eigenvalue weighted by atomic mass is 10.2. The molecule has 0 aromatic heterocycles. The molecule has 0 amide bonds. The summed E-state index contributed by atoms with van der Waals surface area (Å²) in [6.07, 6.45) is 1.92. The largest absolute Gasteiger partial charge is 0.490 e. The van der Waals surface area contributed by atoms with Gasteiger partial charge in [0.15, 0.2) is 16.6 Å². The van der Waals surface area contributed by atoms with Gasteiger partial charge < -0.3 is 20.1 Å². The Morgan fingerprint density at radius 1 is 1.10 bits per heavy atom. The molecule has 118 valence electrons. The second-order valence-corrected chi connectivity index (χ2v) is 5.52. The summed E-state index contributed by atoms with van der Waals surface area (Å²) in [6, 6.07) is 6.08. The highest BCUT2D eigenvalue weighted by Gasteiger charge is 2.08. The molecule has 1 aromatic rings. The first-order chi connectivity index (χ1) is 10.1. The zero-order valence-corrected chi connectivity index (χ0v) is 14.2. The van der Waals surface area contributed by atoms with E-state index in [9.17, 15) is 0 Å². The van der Waals surface area contributed by atoms with Gasteiger partial charge in [-0.05, 0) is 51.0 Å². The Morgan fingerprint density at radius 2 is 1.71 bits per heavy atom. The lowest BCUT2D eigenvalue weighted by Crippen LogP contribution is -2.33. The molecule has 0 spiro atoms. The first kappa shape index (κ1) is 17.6. The Labute approximate surface area is 133 Å². The molecule has 0 aliphatic rings. The van der Waals surface area contributed by atoms with Crippen molar-refractivity contribution in [3.8, 4) is 11.5 Å². The van der Waals surface area contributed by atoms with Gasteiger partial charge in [0.05, 0.1) is 13.2 Å². The van der Waals surface area contributed by atoms with Crippen LogP contribution >= 0.6 is 12.2 Å². The molecule has 0 bridgehead atoms. The van der Waals surface area contributed by atoms with Gasteiger partial charge in [-0.1, -0.05) is 13.8 Å². The molecule has 0 saturated carbocycles. The average molecular weight is 310 g/mol. The van der Waals surface area contributed by atoms with Crippen molar-refractivity contribution in [2.24, 2.45) is 0 Å². The molecular formula is C16H26N2O2S. The zero-order valence-electron chi connectivity index (χ0n) is 13.4. The SMILES string of the molecule is CCCOc1ccc(NC(=S)NC(C)C)cc1OCCC. The molecule has 0 saturated heterocycles. The third kappa shape index (κ3) is 6.67. The van der Waals surface area contributed by atoms with Gasteiger partial charge in [-0.25, -0.2) is 0 Å². The normalized spacial score (nSPS) is 10.3. The van der Waals surface area contributed by atoms with E-state index in [0.29, 0.717) is 24.4 Å². The second kappa shape index (κ2) is 9.45. The molecule has 0 aliphatic heterocycles. The van der Waals surface area contributed by atoms with E-state index in [4.69, 9.17) is 21.7 Å². The van der Waals surface area contributed by atoms with Crippen LogP contribution in [0.4, 0.5) is 5.69 Å². The van der Waals surface area contributed by atoms with E-state index in [2.05, 4.69) is 24.5 Å². The van der Waals surface area contributed by atoms with Crippen molar-refractivity contribution >= 4 is 23.0 Å². The Morgan fingerprint density at radius 3 is 2.29 bits per heavy atom. The van der Waals surface area contributed by atoms with E-state index in [1.165, 1.54) is 0 Å². The Bertz CT molecular complexity index is 450. The summed E-state index contributed by atoms with van der Waals surface area (Å²) in [5.74, 6) is 1.53. The van der Waals surface area contributed by atoms with Crippen molar-refractivity contribution in [3.05, 3.63) is 18.2 Å². The molecule has 0 radical (unpaired) electrons. The molecule has 1 rings (SSSR count). The number of anilines is 1. The molecule has 4 nitrogen and oxygen atoms in total. The van der Waals surface area contributed by atoms with Gasteiger partial charge in [-0.15, -0.1) is 0 Å². The summed E-state index contributed by atoms with van der Waals surface area (Å²) in [4.78, 5) is 0. The number of hydrogen-bond donors (Lipinski definition) is 2. The van der Waals surface area contributed by atoms with E-state index < -0.39 is 0 Å². The van der Waals surface area contributed by atoms with Crippen LogP contribution < -0.4 is 20.1 Å². The van der Waals surface area contributed by atoms with Gasteiger partial charge in [0.2, 0.25) is 0 Å². The smallest absolute Gasteiger partial charge is 0.170 e. The lowest BCUT2D eigenvalue weighted by molar-refractivity contribution is 0.268. The lowest BCUT2D eigenvalue weighted by Gasteiger charge is -2.16. The standard InChI is InChI=1S/C16H26N2O2S/c1-5-9-19-14-8-7-13(11-15(14)20-10-6-2)18-16(21)17-12(3)4/h7-8,11-12H,5-6,9-10H2,1-4H3,(H2,17,18,21). The first-order valence-electron chi connectivity index (χ1n) is 7.54. The number of rotatable bonds is 8. The Balaban J connectivity index is 2.79. The zero-order chi connectivity index (χ0) is 15.7. The topological polar surface area (TPSA) is 42.5 Å². The molecule has 0 heterocycles. The van der Waals surface area contributed by atoms with Crippen LogP contribution in [0.25, 0.3) is 0 Å². The molecule has 0 fully saturated rings. The van der Waals surface area contributed by atoms with E-state index in [0.717, 1.165) is 30.0 Å². The van der Waals surface area contributed by atoms with Crippen LogP contribution in [0.5, 0.6) is 11.5 Å². The van der Waals surface area contributed by atoms with E-state index in [1.54, 1.807) is 0 Å². The summed E-state index contributed by atoms with van der Waals surface area (Å²) >= 11 is 5.25. The van der Waals surface area contributed by atoms with Crippen molar-refractivity contribution < 1.29 is 9.47 Å². The van der Waals surface area contributed by atoms with Crippen molar-refractivity contribution in [1.82, 2.24) is 5.32 Å². The Kier molecular flexibility index (Phi) is 7.90. The van der Waals surface area contributed by atoms with E-state index in [-0.39, 0.29) is 0 Å². The van der Waals surface area contributed by atoms with Crippen LogP contribution in [-0.4, -0.2) is 24.4 Å². The van der Waals surface area contributed by atoms with Crippen LogP contribution in [0.1, 0.15) is 40.5 Å². The second-order valence-electron chi connectivity index (χ2n) is 5.11. The van der Waals surface area contributed by atoms with Crippen molar-refractivity contribution in [2.45, 2.75) is 46.6 Å². The van der Waals surface area contributed by atoms with Gasteiger partial charge in [-0.2, -0.15) is 0 Å². The van der Waals surface area contributed by atoms with Crippen LogP contribution in [0.2, 0.25) is 0 Å². The summed E-state index contributed by atoms with van der Waals surface area (Å²) < 4.78 is 11.5. The molecule has 1 aromatic carbocycles. The third-order valence-electron chi connectivity index (χ3n) is 2.54. The molecule has 21 heavy (non-hydrogen) atoms. The van der Waals surface area contributed by atoms with Crippen molar-refractivity contribution in [3.63, 3.8) is 0 Å². The monoisotopic (exact) mass is 310 g/mol. The fraction of sp³-hybridized carbons (Fsp3) is 0.562. The number of hydrogen-bond acceptors (Lipinski definition) is 3. The quantitative estimate of drug-likeness (QED) is 0.711. The van der Waals surface area contributed by atoms with Gasteiger partial charge in [-0.3, -0.25) is 0 Å². The van der Waals surface area contributed by atoms with Gasteiger partial charge in [0.25, 0.3) is 0 Å². The molecule has 0 aliphatic carbocycles. The van der Waals surface area contributed by atoms with Gasteiger partial charge >= 0.3 is 0 Å². The molecule has 5 heteroatoms. The summed E-state index contributed by atoms with van der Waals surface area (Å²) in [7, 11) is 0. The minimum Gasteiger partial charge on any atom is -0.490 e. The molecule has 0 unspecified atom stereocenters. The predicted molar refractivity (Wildman–Crippen MR) is 92.5 cm³/mol. The van der Waals surface area contributed by atoms with Gasteiger partial charge in [0.1, 0.15) is 0 Å². The summed E-state index contributed by atoms with van der Waals surface area (Å²) in [6.45, 7) is 9.61. The van der Waals surface area contributed by atoms with E-state index in [1.807, 2.05) is 32.0 Å².